The largest absolute Gasteiger partial charge is 1.00 e. The second kappa shape index (κ2) is 11.5. The number of likely N-dealkylation sites (N-methyl/N-ethyl adjacent to an activating group) is 1. The van der Waals surface area contributed by atoms with Crippen LogP contribution in [0.4, 0.5) is 0 Å². The first-order valence-electron chi connectivity index (χ1n) is 10.6. The van der Waals surface area contributed by atoms with Crippen LogP contribution in [0.1, 0.15) is 22.9 Å². The first kappa shape index (κ1) is 27.8. The quantitative estimate of drug-likeness (QED) is 0.120. The molecule has 2 atom stereocenters. The molecule has 0 spiro atoms. The van der Waals surface area contributed by atoms with E-state index in [0.29, 0.717) is 22.6 Å². The van der Waals surface area contributed by atoms with Gasteiger partial charge < -0.3 is 37.9 Å². The molecule has 2 unspecified atom stereocenters. The molecule has 0 aliphatic carbocycles. The van der Waals surface area contributed by atoms with E-state index in [9.17, 15) is 23.2 Å². The summed E-state index contributed by atoms with van der Waals surface area (Å²) in [5.41, 5.74) is 2.00. The smallest absolute Gasteiger partial charge is 0.716 e. The molecule has 0 radical (unpaired) electrons. The van der Waals surface area contributed by atoms with Gasteiger partial charge in [0, 0.05) is 19.2 Å². The topological polar surface area (TPSA) is 146 Å². The summed E-state index contributed by atoms with van der Waals surface area (Å²) in [6, 6.07) is 8.80. The third kappa shape index (κ3) is 6.93. The van der Waals surface area contributed by atoms with Crippen LogP contribution in [-0.4, -0.2) is 64.6 Å². The molecular weight excluding hydrogens is 501 g/mol. The Morgan fingerprint density at radius 2 is 1.92 bits per heavy atom. The number of hydrogen-bond donors (Lipinski definition) is 2. The third-order valence-corrected chi connectivity index (χ3v) is 5.62. The first-order chi connectivity index (χ1) is 16.6. The number of nitrogens with zero attached hydrogens (tertiary/aromatic N) is 3. The number of rotatable bonds is 9. The predicted molar refractivity (Wildman–Crippen MR) is 124 cm³/mol. The molecule has 0 fully saturated rings. The molecule has 0 saturated heterocycles. The summed E-state index contributed by atoms with van der Waals surface area (Å²) in [7, 11) is -0.887. The summed E-state index contributed by atoms with van der Waals surface area (Å²) in [6.07, 6.45) is 5.50. The van der Waals surface area contributed by atoms with Gasteiger partial charge >= 0.3 is 29.6 Å². The normalized spacial score (nSPS) is 15.7. The van der Waals surface area contributed by atoms with Gasteiger partial charge in [0.25, 0.3) is 16.7 Å². The number of benzene rings is 2. The maximum atomic E-state index is 10.6. The summed E-state index contributed by atoms with van der Waals surface area (Å²) in [5.74, 6) is 0.310. The predicted octanol–water partition coefficient (Wildman–Crippen LogP) is -0.763. The van der Waals surface area contributed by atoms with Crippen LogP contribution >= 0.6 is 0 Å². The van der Waals surface area contributed by atoms with Crippen LogP contribution in [-0.2, 0) is 21.0 Å². The summed E-state index contributed by atoms with van der Waals surface area (Å²) < 4.78 is 49.8. The zero-order chi connectivity index (χ0) is 25.2. The number of hydrogen-bond acceptors (Lipinski definition) is 10. The maximum absolute atomic E-state index is 10.6. The molecule has 2 N–H and O–H groups in total. The van der Waals surface area contributed by atoms with Crippen LogP contribution in [0.2, 0.25) is 0 Å². The third-order valence-electron chi connectivity index (χ3n) is 5.28. The summed E-state index contributed by atoms with van der Waals surface area (Å²) in [4.78, 5) is 6.53. The second-order valence-corrected chi connectivity index (χ2v) is 9.18. The van der Waals surface area contributed by atoms with Crippen LogP contribution < -0.4 is 39.0 Å². The van der Waals surface area contributed by atoms with Gasteiger partial charge in [-0.1, -0.05) is 12.1 Å². The van der Waals surface area contributed by atoms with Gasteiger partial charge in [-0.3, -0.25) is 0 Å². The van der Waals surface area contributed by atoms with E-state index in [2.05, 4.69) is 14.1 Å². The van der Waals surface area contributed by atoms with Crippen LogP contribution in [0.5, 0.6) is 23.0 Å². The Bertz CT molecular complexity index is 1340. The number of phenols is 2. The monoisotopic (exact) mass is 525 g/mol. The minimum absolute atomic E-state index is 0. The standard InChI is InChI=1S/C23H25N3O8S.Na/c1-25(2)9-7-17-13-26(14-24-17)22(16-4-5-18(27)19(28)12-16)23-33-20-6-3-15(11-21(20)34-23)8-10-32-35(29,30)31;/h3-6,8,10-14,22-23,27-28H,7,9H2,1-2H3,(H,29,30,31);/q;+1/p-1. The number of aromatic hydroxyl groups is 2. The van der Waals surface area contributed by atoms with Crippen molar-refractivity contribution in [2.24, 2.45) is 0 Å². The fraction of sp³-hybridized carbons (Fsp3) is 0.261. The van der Waals surface area contributed by atoms with Gasteiger partial charge in [-0.05, 0) is 55.6 Å². The molecule has 186 valence electrons. The van der Waals surface area contributed by atoms with Gasteiger partial charge in [0.2, 0.25) is 0 Å². The summed E-state index contributed by atoms with van der Waals surface area (Å²) >= 11 is 0. The first-order valence-corrected chi connectivity index (χ1v) is 11.9. The Morgan fingerprint density at radius 1 is 1.17 bits per heavy atom. The van der Waals surface area contributed by atoms with Crippen molar-refractivity contribution in [3.8, 4) is 23.0 Å². The molecule has 1 aromatic heterocycles. The maximum Gasteiger partial charge on any atom is 1.00 e. The molecule has 13 heteroatoms. The minimum Gasteiger partial charge on any atom is -0.716 e. The van der Waals surface area contributed by atoms with Crippen LogP contribution in [0, 0.1) is 0 Å². The summed E-state index contributed by atoms with van der Waals surface area (Å²) in [5, 5.41) is 19.9. The molecule has 1 aliphatic heterocycles. The van der Waals surface area contributed by atoms with Crippen LogP contribution in [0.15, 0.2) is 55.2 Å². The van der Waals surface area contributed by atoms with E-state index in [4.69, 9.17) is 9.47 Å². The molecule has 1 aliphatic rings. The van der Waals surface area contributed by atoms with Gasteiger partial charge in [0.15, 0.2) is 23.0 Å². The van der Waals surface area contributed by atoms with Crippen LogP contribution in [0.3, 0.4) is 0 Å². The SMILES string of the molecule is CN(C)CCc1cn(C(c2ccc(O)c(O)c2)C2Oc3ccc(C=COS(=O)(=O)[O-])cc3O2)cn1.[Na+]. The number of imidazole rings is 1. The molecule has 36 heavy (non-hydrogen) atoms. The van der Waals surface area contributed by atoms with Gasteiger partial charge in [-0.2, -0.15) is 0 Å². The Morgan fingerprint density at radius 3 is 2.61 bits per heavy atom. The molecular formula is C23H24N3NaO8S. The summed E-state index contributed by atoms with van der Waals surface area (Å²) in [6.45, 7) is 0.817. The molecule has 2 heterocycles. The van der Waals surface area contributed by atoms with Crippen molar-refractivity contribution >= 4 is 16.5 Å². The Hall–Kier alpha value is -2.74. The van der Waals surface area contributed by atoms with E-state index in [-0.39, 0.29) is 41.1 Å². The van der Waals surface area contributed by atoms with E-state index in [0.717, 1.165) is 24.9 Å². The zero-order valence-electron chi connectivity index (χ0n) is 19.9. The Balaban J connectivity index is 0.00000361. The van der Waals surface area contributed by atoms with E-state index >= 15 is 0 Å². The van der Waals surface area contributed by atoms with Crippen molar-refractivity contribution < 1.29 is 66.4 Å². The van der Waals surface area contributed by atoms with Gasteiger partial charge in [0.05, 0.1) is 12.0 Å². The fourth-order valence-electron chi connectivity index (χ4n) is 3.59. The second-order valence-electron chi connectivity index (χ2n) is 8.18. The van der Waals surface area contributed by atoms with E-state index < -0.39 is 22.7 Å². The van der Waals surface area contributed by atoms with Gasteiger partial charge in [0.1, 0.15) is 12.3 Å². The van der Waals surface area contributed by atoms with Crippen molar-refractivity contribution in [3.05, 3.63) is 72.0 Å². The molecule has 2 aromatic carbocycles. The molecule has 4 rings (SSSR count). The average molecular weight is 526 g/mol. The molecule has 3 aromatic rings. The molecule has 11 nitrogen and oxygen atoms in total. The van der Waals surface area contributed by atoms with Crippen molar-refractivity contribution in [1.82, 2.24) is 14.5 Å². The number of fused-ring (bicyclic) bond motifs is 1. The zero-order valence-corrected chi connectivity index (χ0v) is 22.8. The molecule has 0 amide bonds. The van der Waals surface area contributed by atoms with Gasteiger partial charge in [-0.25, -0.2) is 13.4 Å². The molecule has 0 bridgehead atoms. The van der Waals surface area contributed by atoms with E-state index in [1.54, 1.807) is 30.6 Å². The average Bonchev–Trinajstić information content (AvgIpc) is 3.41. The molecule has 0 saturated carbocycles. The van der Waals surface area contributed by atoms with Crippen molar-refractivity contribution in [3.63, 3.8) is 0 Å². The van der Waals surface area contributed by atoms with Crippen molar-refractivity contribution in [2.75, 3.05) is 20.6 Å². The van der Waals surface area contributed by atoms with Crippen molar-refractivity contribution in [2.45, 2.75) is 18.8 Å². The van der Waals surface area contributed by atoms with Crippen molar-refractivity contribution in [1.29, 1.82) is 0 Å². The number of phenolic OH excluding ortho intramolecular Hbond substituents is 2. The Labute approximate surface area is 230 Å². The number of aromatic nitrogens is 2. The van der Waals surface area contributed by atoms with Crippen LogP contribution in [0.25, 0.3) is 6.08 Å². The van der Waals surface area contributed by atoms with E-state index in [1.807, 2.05) is 24.9 Å². The number of ether oxygens (including phenoxy) is 2. The van der Waals surface area contributed by atoms with Gasteiger partial charge in [-0.15, -0.1) is 0 Å². The fourth-order valence-corrected chi connectivity index (χ4v) is 3.78. The minimum atomic E-state index is -4.84. The van der Waals surface area contributed by atoms with E-state index in [1.165, 1.54) is 18.2 Å². The Kier molecular flexibility index (Phi) is 8.93.